The number of fused-ring (bicyclic) bond motifs is 2. The van der Waals surface area contributed by atoms with Gasteiger partial charge in [-0.05, 0) is 50.7 Å². The highest BCUT2D eigenvalue weighted by atomic mass is 28.5. The fourth-order valence-corrected chi connectivity index (χ4v) is 16.0. The van der Waals surface area contributed by atoms with Crippen molar-refractivity contribution in [2.24, 2.45) is 11.8 Å². The maximum atomic E-state index is 5.77. The topological polar surface area (TPSA) is 46.2 Å². The molecule has 0 radical (unpaired) electrons. The Morgan fingerprint density at radius 1 is 0.952 bits per heavy atom. The van der Waals surface area contributed by atoms with Crippen molar-refractivity contribution in [2.45, 2.75) is 45.5 Å². The molecule has 2 fully saturated rings. The molecule has 122 valence electrons. The molecule has 5 nitrogen and oxygen atoms in total. The molecule has 0 N–H and O–H groups in total. The first-order valence-electron chi connectivity index (χ1n) is 7.80. The summed E-state index contributed by atoms with van der Waals surface area (Å²) < 4.78 is 28.3. The van der Waals surface area contributed by atoms with Crippen LogP contribution in [-0.2, 0) is 20.9 Å². The van der Waals surface area contributed by atoms with Gasteiger partial charge in [-0.25, -0.2) is 0 Å². The van der Waals surface area contributed by atoms with Gasteiger partial charge in [0.2, 0.25) is 0 Å². The SMILES string of the molecule is C1=CC2CCC1C2.CO[Si]1(C)O[SiH](C)O[SiH](C)O[SiH](C)O1. The van der Waals surface area contributed by atoms with E-state index in [0.717, 1.165) is 11.8 Å². The van der Waals surface area contributed by atoms with Gasteiger partial charge in [0.1, 0.15) is 0 Å². The monoisotopic (exact) mass is 364 g/mol. The van der Waals surface area contributed by atoms with E-state index in [-0.39, 0.29) is 0 Å². The van der Waals surface area contributed by atoms with E-state index in [0.29, 0.717) is 0 Å². The van der Waals surface area contributed by atoms with Crippen molar-refractivity contribution >= 4 is 36.7 Å². The lowest BCUT2D eigenvalue weighted by molar-refractivity contribution is 0.174. The van der Waals surface area contributed by atoms with Gasteiger partial charge in [-0.1, -0.05) is 12.2 Å². The average molecular weight is 365 g/mol. The van der Waals surface area contributed by atoms with Crippen LogP contribution in [0, 0.1) is 11.8 Å². The third kappa shape index (κ3) is 5.52. The summed E-state index contributed by atoms with van der Waals surface area (Å²) in [7, 11) is -5.60. The van der Waals surface area contributed by atoms with Crippen LogP contribution in [0.1, 0.15) is 19.3 Å². The first kappa shape index (κ1) is 17.8. The molecule has 2 aliphatic carbocycles. The predicted octanol–water partition coefficient (Wildman–Crippen LogP) is 1.80. The average Bonchev–Trinajstić information content (AvgIpc) is 3.01. The normalized spacial score (nSPS) is 45.7. The molecule has 3 aliphatic rings. The lowest BCUT2D eigenvalue weighted by atomic mass is 10.1. The second-order valence-electron chi connectivity index (χ2n) is 6.00. The Labute approximate surface area is 134 Å². The van der Waals surface area contributed by atoms with Gasteiger partial charge in [-0.3, -0.25) is 0 Å². The molecule has 9 heteroatoms. The fourth-order valence-electron chi connectivity index (χ4n) is 3.07. The molecule has 3 rings (SSSR count). The molecule has 1 saturated carbocycles. The van der Waals surface area contributed by atoms with Gasteiger partial charge in [-0.2, -0.15) is 0 Å². The third-order valence-corrected chi connectivity index (χ3v) is 17.0. The summed E-state index contributed by atoms with van der Waals surface area (Å²) in [5, 5.41) is 0. The maximum absolute atomic E-state index is 5.77. The van der Waals surface area contributed by atoms with Gasteiger partial charge in [-0.15, -0.1) is 0 Å². The van der Waals surface area contributed by atoms with Crippen molar-refractivity contribution in [2.75, 3.05) is 7.11 Å². The zero-order valence-corrected chi connectivity index (χ0v) is 18.2. The predicted molar refractivity (Wildman–Crippen MR) is 92.0 cm³/mol. The van der Waals surface area contributed by atoms with Crippen molar-refractivity contribution in [1.29, 1.82) is 0 Å². The Kier molecular flexibility index (Phi) is 6.59. The zero-order chi connectivity index (χ0) is 15.5. The minimum absolute atomic E-state index is 0.991. The summed E-state index contributed by atoms with van der Waals surface area (Å²) in [6, 6.07) is 0. The molecule has 1 saturated heterocycles. The molecule has 4 atom stereocenters. The van der Waals surface area contributed by atoms with Gasteiger partial charge >= 0.3 is 27.4 Å². The molecule has 0 aromatic heterocycles. The molecule has 1 heterocycles. The molecule has 0 amide bonds. The van der Waals surface area contributed by atoms with Crippen LogP contribution in [0.5, 0.6) is 0 Å². The standard InChI is InChI=1S/C7H10.C5H18O5Si4/c1-2-7-4-3-6(1)5-7;1-6-14(5)9-12(3)7-11(2)8-13(4)10-14/h1-2,6-7H,3-5H2;11-13H,1-5H3. The van der Waals surface area contributed by atoms with Crippen LogP contribution in [0.3, 0.4) is 0 Å². The molecule has 0 aromatic rings. The molecule has 0 aromatic carbocycles. The zero-order valence-electron chi connectivity index (χ0n) is 13.7. The van der Waals surface area contributed by atoms with E-state index >= 15 is 0 Å². The highest BCUT2D eigenvalue weighted by Gasteiger charge is 2.41. The van der Waals surface area contributed by atoms with E-state index in [1.807, 2.05) is 26.2 Å². The summed E-state index contributed by atoms with van der Waals surface area (Å²) in [6.07, 6.45) is 9.19. The highest BCUT2D eigenvalue weighted by molar-refractivity contribution is 6.77. The van der Waals surface area contributed by atoms with Crippen LogP contribution in [0.2, 0.25) is 26.2 Å². The van der Waals surface area contributed by atoms with Gasteiger partial charge in [0.05, 0.1) is 0 Å². The highest BCUT2D eigenvalue weighted by Crippen LogP contribution is 2.38. The number of hydrogen-bond acceptors (Lipinski definition) is 5. The lowest BCUT2D eigenvalue weighted by Gasteiger charge is -2.34. The summed E-state index contributed by atoms with van der Waals surface area (Å²) in [5.74, 6) is 1.98. The Balaban J connectivity index is 0.000000189. The summed E-state index contributed by atoms with van der Waals surface area (Å²) in [4.78, 5) is 0. The van der Waals surface area contributed by atoms with Crippen molar-refractivity contribution in [3.63, 3.8) is 0 Å². The van der Waals surface area contributed by atoms with Crippen molar-refractivity contribution in [1.82, 2.24) is 0 Å². The second kappa shape index (κ2) is 7.79. The number of rotatable bonds is 1. The summed E-state index contributed by atoms with van der Waals surface area (Å²) >= 11 is 0. The van der Waals surface area contributed by atoms with E-state index < -0.39 is 36.7 Å². The van der Waals surface area contributed by atoms with Crippen LogP contribution < -0.4 is 0 Å². The van der Waals surface area contributed by atoms with Crippen molar-refractivity contribution < 1.29 is 20.9 Å². The quantitative estimate of drug-likeness (QED) is 0.524. The van der Waals surface area contributed by atoms with Crippen LogP contribution in [0.4, 0.5) is 0 Å². The molecule has 1 aliphatic heterocycles. The summed E-state index contributed by atoms with van der Waals surface area (Å²) in [6.45, 7) is 7.87. The van der Waals surface area contributed by atoms with E-state index in [1.54, 1.807) is 7.11 Å². The van der Waals surface area contributed by atoms with E-state index in [4.69, 9.17) is 20.9 Å². The van der Waals surface area contributed by atoms with E-state index in [2.05, 4.69) is 12.2 Å². The van der Waals surface area contributed by atoms with E-state index in [1.165, 1.54) is 19.3 Å². The van der Waals surface area contributed by atoms with Gasteiger partial charge in [0.25, 0.3) is 9.28 Å². The maximum Gasteiger partial charge on any atom is 0.479 e. The molecule has 2 bridgehead atoms. The molecule has 21 heavy (non-hydrogen) atoms. The van der Waals surface area contributed by atoms with Crippen LogP contribution in [0.25, 0.3) is 0 Å². The van der Waals surface area contributed by atoms with Gasteiger partial charge < -0.3 is 20.9 Å². The molecule has 0 spiro atoms. The Morgan fingerprint density at radius 3 is 1.71 bits per heavy atom. The Morgan fingerprint density at radius 2 is 1.43 bits per heavy atom. The van der Waals surface area contributed by atoms with Crippen molar-refractivity contribution in [3.8, 4) is 0 Å². The minimum Gasteiger partial charge on any atom is -0.420 e. The lowest BCUT2D eigenvalue weighted by Crippen LogP contribution is -2.54. The van der Waals surface area contributed by atoms with Gasteiger partial charge in [0, 0.05) is 13.7 Å². The van der Waals surface area contributed by atoms with Crippen LogP contribution in [0.15, 0.2) is 12.2 Å². The first-order chi connectivity index (χ1) is 9.90. The molecule has 4 unspecified atom stereocenters. The third-order valence-electron chi connectivity index (χ3n) is 4.07. The van der Waals surface area contributed by atoms with Crippen molar-refractivity contribution in [3.05, 3.63) is 12.2 Å². The minimum atomic E-state index is -2.45. The smallest absolute Gasteiger partial charge is 0.420 e. The molecular formula is C12H28O5Si4. The molecular weight excluding hydrogens is 336 g/mol. The fraction of sp³-hybridized carbons (Fsp3) is 0.833. The number of hydrogen-bond donors (Lipinski definition) is 0. The van der Waals surface area contributed by atoms with Crippen LogP contribution in [-0.4, -0.2) is 43.8 Å². The van der Waals surface area contributed by atoms with E-state index in [9.17, 15) is 0 Å². The van der Waals surface area contributed by atoms with Crippen LogP contribution >= 0.6 is 0 Å². The number of allylic oxidation sites excluding steroid dienone is 2. The Bertz CT molecular complexity index is 344. The Hall–Kier alpha value is 0.408. The first-order valence-corrected chi connectivity index (χ1v) is 16.3. The largest absolute Gasteiger partial charge is 0.479 e. The summed E-state index contributed by atoms with van der Waals surface area (Å²) in [5.41, 5.74) is 0. The van der Waals surface area contributed by atoms with Gasteiger partial charge in [0.15, 0.2) is 0 Å². The second-order valence-corrected chi connectivity index (χ2v) is 15.6.